The Morgan fingerprint density at radius 2 is 1.85 bits per heavy atom. The maximum Gasteiger partial charge on any atom is 0.393 e. The number of nitriles is 1. The summed E-state index contributed by atoms with van der Waals surface area (Å²) in [5.74, 6) is 0.980. The molecule has 1 aromatic carbocycles. The van der Waals surface area contributed by atoms with Gasteiger partial charge in [0.15, 0.2) is 0 Å². The fourth-order valence-corrected chi connectivity index (χ4v) is 8.83. The van der Waals surface area contributed by atoms with Crippen molar-refractivity contribution in [1.82, 2.24) is 23.7 Å². The quantitative estimate of drug-likeness (QED) is 0.201. The third kappa shape index (κ3) is 7.48. The van der Waals surface area contributed by atoms with Crippen molar-refractivity contribution in [2.75, 3.05) is 31.5 Å². The van der Waals surface area contributed by atoms with E-state index in [9.17, 15) is 26.9 Å². The van der Waals surface area contributed by atoms with E-state index in [4.69, 9.17) is 0 Å². The molecule has 2 aliphatic rings. The number of thiophene rings is 1. The van der Waals surface area contributed by atoms with Gasteiger partial charge in [-0.2, -0.15) is 22.7 Å². The molecule has 6 rings (SSSR count). The van der Waals surface area contributed by atoms with E-state index in [1.807, 2.05) is 6.07 Å². The molecule has 2 saturated heterocycles. The summed E-state index contributed by atoms with van der Waals surface area (Å²) >= 11 is 1.06. The molecule has 47 heavy (non-hydrogen) atoms. The van der Waals surface area contributed by atoms with Crippen molar-refractivity contribution in [2.24, 2.45) is 5.92 Å². The molecule has 0 radical (unpaired) electrons. The summed E-state index contributed by atoms with van der Waals surface area (Å²) in [5.41, 5.74) is 4.06. The molecular formula is C33H38F3N7O2S2. The molecule has 0 spiro atoms. The molecule has 9 nitrogen and oxygen atoms in total. The normalized spacial score (nSPS) is 17.8. The first-order valence-corrected chi connectivity index (χ1v) is 18.2. The number of halogens is 3. The lowest BCUT2D eigenvalue weighted by atomic mass is 9.94. The van der Waals surface area contributed by atoms with Gasteiger partial charge in [0.1, 0.15) is 28.7 Å². The smallest absolute Gasteiger partial charge is 0.367 e. The zero-order chi connectivity index (χ0) is 33.3. The summed E-state index contributed by atoms with van der Waals surface area (Å²) in [6.07, 6.45) is 0.393. The molecule has 0 amide bonds. The lowest BCUT2D eigenvalue weighted by molar-refractivity contribution is -0.126. The molecular weight excluding hydrogens is 648 g/mol. The Hall–Kier alpha value is -3.51. The van der Waals surface area contributed by atoms with E-state index in [-0.39, 0.29) is 10.9 Å². The number of fused-ring (bicyclic) bond motifs is 2. The zero-order valence-electron chi connectivity index (χ0n) is 26.3. The molecule has 0 atom stereocenters. The number of hydrogen-bond acceptors (Lipinski definition) is 8. The SMILES string of the molecule is C=CS(=O)(=O)N1CCC(CCn2c(C#N)cc3c(C)c(CN4CCC(Nc5ncnc6sc(CC(F)(F)F)cc56)CC4)ccc32)CC1. The largest absolute Gasteiger partial charge is 0.393 e. The van der Waals surface area contributed by atoms with Crippen LogP contribution in [0, 0.1) is 24.2 Å². The predicted octanol–water partition coefficient (Wildman–Crippen LogP) is 6.58. The lowest BCUT2D eigenvalue weighted by Crippen LogP contribution is -2.39. The van der Waals surface area contributed by atoms with Gasteiger partial charge in [-0.1, -0.05) is 12.6 Å². The van der Waals surface area contributed by atoms with Crippen LogP contribution in [0.25, 0.3) is 21.1 Å². The molecule has 2 aliphatic heterocycles. The highest BCUT2D eigenvalue weighted by Gasteiger charge is 2.30. The molecule has 250 valence electrons. The number of sulfonamides is 1. The molecule has 4 aromatic rings. The van der Waals surface area contributed by atoms with Crippen LogP contribution < -0.4 is 5.32 Å². The van der Waals surface area contributed by atoms with E-state index >= 15 is 0 Å². The van der Waals surface area contributed by atoms with Gasteiger partial charge in [-0.25, -0.2) is 18.4 Å². The van der Waals surface area contributed by atoms with Crippen LogP contribution in [-0.4, -0.2) is 70.6 Å². The van der Waals surface area contributed by atoms with E-state index in [1.54, 1.807) is 6.07 Å². The number of hydrogen-bond donors (Lipinski definition) is 1. The number of piperidine rings is 2. The number of likely N-dealkylation sites (tertiary alicyclic amines) is 1. The first-order chi connectivity index (χ1) is 22.4. The Balaban J connectivity index is 1.06. The van der Waals surface area contributed by atoms with Crippen molar-refractivity contribution < 1.29 is 21.6 Å². The number of benzene rings is 1. The van der Waals surface area contributed by atoms with E-state index in [0.29, 0.717) is 47.3 Å². The first kappa shape index (κ1) is 33.4. The van der Waals surface area contributed by atoms with Gasteiger partial charge in [0, 0.05) is 66.5 Å². The molecule has 1 N–H and O–H groups in total. The third-order valence-electron chi connectivity index (χ3n) is 9.56. The van der Waals surface area contributed by atoms with Gasteiger partial charge in [-0.15, -0.1) is 11.3 Å². The monoisotopic (exact) mass is 685 g/mol. The average Bonchev–Trinajstić information content (AvgIpc) is 3.63. The van der Waals surface area contributed by atoms with Crippen molar-refractivity contribution in [3.8, 4) is 6.07 Å². The van der Waals surface area contributed by atoms with Gasteiger partial charge >= 0.3 is 6.18 Å². The van der Waals surface area contributed by atoms with Crippen LogP contribution in [0.1, 0.15) is 53.8 Å². The second-order valence-electron chi connectivity index (χ2n) is 12.6. The predicted molar refractivity (Wildman–Crippen MR) is 179 cm³/mol. The topological polar surface area (TPSA) is 107 Å². The Labute approximate surface area is 276 Å². The lowest BCUT2D eigenvalue weighted by Gasteiger charge is -2.33. The molecule has 3 aromatic heterocycles. The van der Waals surface area contributed by atoms with Crippen LogP contribution in [-0.2, 0) is 29.5 Å². The van der Waals surface area contributed by atoms with E-state index < -0.39 is 22.6 Å². The Morgan fingerprint density at radius 3 is 2.53 bits per heavy atom. The van der Waals surface area contributed by atoms with Crippen molar-refractivity contribution in [3.63, 3.8) is 0 Å². The van der Waals surface area contributed by atoms with Crippen LogP contribution in [0.3, 0.4) is 0 Å². The number of anilines is 1. The highest BCUT2D eigenvalue weighted by Crippen LogP contribution is 2.34. The number of aromatic nitrogens is 3. The minimum Gasteiger partial charge on any atom is -0.367 e. The van der Waals surface area contributed by atoms with Crippen LogP contribution in [0.15, 0.2) is 42.6 Å². The van der Waals surface area contributed by atoms with Crippen LogP contribution in [0.5, 0.6) is 0 Å². The fourth-order valence-electron chi connectivity index (χ4n) is 6.87. The highest BCUT2D eigenvalue weighted by molar-refractivity contribution is 7.92. The number of alkyl halides is 3. The molecule has 5 heterocycles. The van der Waals surface area contributed by atoms with E-state index in [0.717, 1.165) is 84.9 Å². The third-order valence-corrected chi connectivity index (χ3v) is 12.1. The van der Waals surface area contributed by atoms with Crippen LogP contribution in [0.2, 0.25) is 0 Å². The number of aryl methyl sites for hydroxylation is 2. The standard InChI is InChI=1S/C33H38F3N7O2S2/c1-3-47(44,45)42-13-6-23(7-14-42)8-15-43-26(19-37)16-28-22(2)24(4-5-30(28)43)20-41-11-9-25(10-12-41)40-31-29-17-27(18-33(34,35)36)46-32(29)39-21-38-31/h3-5,16-17,21,23,25H,1,6-15,18,20H2,2H3,(H,38,39,40). The average molecular weight is 686 g/mol. The summed E-state index contributed by atoms with van der Waals surface area (Å²) in [6.45, 7) is 9.76. The van der Waals surface area contributed by atoms with Crippen molar-refractivity contribution >= 4 is 48.3 Å². The Bertz CT molecular complexity index is 1910. The van der Waals surface area contributed by atoms with Gasteiger partial charge in [-0.3, -0.25) is 4.90 Å². The van der Waals surface area contributed by atoms with Gasteiger partial charge in [-0.05, 0) is 74.3 Å². The maximum absolute atomic E-state index is 12.9. The Kier molecular flexibility index (Phi) is 9.62. The molecule has 0 aliphatic carbocycles. The van der Waals surface area contributed by atoms with Crippen LogP contribution in [0.4, 0.5) is 19.0 Å². The maximum atomic E-state index is 12.9. The molecule has 2 fully saturated rings. The van der Waals surface area contributed by atoms with Crippen molar-refractivity contribution in [2.45, 2.75) is 70.8 Å². The van der Waals surface area contributed by atoms with Crippen molar-refractivity contribution in [3.05, 3.63) is 64.3 Å². The minimum atomic E-state index is -4.26. The molecule has 0 saturated carbocycles. The minimum absolute atomic E-state index is 0.157. The summed E-state index contributed by atoms with van der Waals surface area (Å²) in [4.78, 5) is 11.7. The van der Waals surface area contributed by atoms with Gasteiger partial charge in [0.05, 0.1) is 11.8 Å². The first-order valence-electron chi connectivity index (χ1n) is 15.9. The molecule has 0 unspecified atom stereocenters. The number of nitrogens with one attached hydrogen (secondary N) is 1. The summed E-state index contributed by atoms with van der Waals surface area (Å²) < 4.78 is 66.6. The zero-order valence-corrected chi connectivity index (χ0v) is 27.9. The summed E-state index contributed by atoms with van der Waals surface area (Å²) in [6, 6.07) is 10.3. The van der Waals surface area contributed by atoms with Gasteiger partial charge in [0.25, 0.3) is 0 Å². The summed E-state index contributed by atoms with van der Waals surface area (Å²) in [7, 11) is -3.38. The number of nitrogens with zero attached hydrogens (tertiary/aromatic N) is 6. The van der Waals surface area contributed by atoms with E-state index in [1.165, 1.54) is 16.2 Å². The van der Waals surface area contributed by atoms with Gasteiger partial charge < -0.3 is 9.88 Å². The van der Waals surface area contributed by atoms with E-state index in [2.05, 4.69) is 56.5 Å². The second kappa shape index (κ2) is 13.5. The molecule has 0 bridgehead atoms. The second-order valence-corrected chi connectivity index (χ2v) is 15.6. The fraction of sp³-hybridized carbons (Fsp3) is 0.485. The number of rotatable bonds is 10. The van der Waals surface area contributed by atoms with Crippen molar-refractivity contribution in [1.29, 1.82) is 5.26 Å². The Morgan fingerprint density at radius 1 is 1.11 bits per heavy atom. The van der Waals surface area contributed by atoms with Crippen LogP contribution >= 0.6 is 11.3 Å². The highest BCUT2D eigenvalue weighted by atomic mass is 32.2. The summed E-state index contributed by atoms with van der Waals surface area (Å²) in [5, 5.41) is 16.1. The molecule has 14 heteroatoms. The van der Waals surface area contributed by atoms with Gasteiger partial charge in [0.2, 0.25) is 10.0 Å².